The number of carboxylic acids is 1. The lowest BCUT2D eigenvalue weighted by Crippen LogP contribution is -2.46. The van der Waals surface area contributed by atoms with Gasteiger partial charge in [-0.15, -0.1) is 0 Å². The number of urea groups is 1. The summed E-state index contributed by atoms with van der Waals surface area (Å²) in [5.41, 5.74) is 0. The second kappa shape index (κ2) is 6.78. The number of carbonyl (C=O) groups is 2. The van der Waals surface area contributed by atoms with Gasteiger partial charge >= 0.3 is 12.0 Å². The van der Waals surface area contributed by atoms with Crippen LogP contribution < -0.4 is 5.32 Å². The Morgan fingerprint density at radius 1 is 1.26 bits per heavy atom. The summed E-state index contributed by atoms with van der Waals surface area (Å²) < 4.78 is 0. The molecule has 0 aromatic rings. The number of aliphatic carboxylic acids is 1. The summed E-state index contributed by atoms with van der Waals surface area (Å²) in [4.78, 5) is 25.1. The monoisotopic (exact) mass is 270 g/mol. The highest BCUT2D eigenvalue weighted by atomic mass is 16.4. The van der Waals surface area contributed by atoms with E-state index in [0.717, 1.165) is 19.4 Å². The minimum Gasteiger partial charge on any atom is -0.481 e. The van der Waals surface area contributed by atoms with Crippen molar-refractivity contribution in [1.82, 2.24) is 10.2 Å². The summed E-state index contributed by atoms with van der Waals surface area (Å²) in [6, 6.07) is 0.229. The Kier molecular flexibility index (Phi) is 5.63. The van der Waals surface area contributed by atoms with E-state index in [2.05, 4.69) is 19.2 Å². The number of rotatable bonds is 7. The van der Waals surface area contributed by atoms with E-state index < -0.39 is 11.9 Å². The highest BCUT2D eigenvalue weighted by Gasteiger charge is 2.33. The van der Waals surface area contributed by atoms with Gasteiger partial charge in [0.1, 0.15) is 0 Å². The maximum atomic E-state index is 12.1. The first kappa shape index (κ1) is 15.8. The van der Waals surface area contributed by atoms with Crippen LogP contribution in [-0.4, -0.2) is 41.1 Å². The van der Waals surface area contributed by atoms with Crippen molar-refractivity contribution in [2.75, 3.05) is 13.1 Å². The zero-order chi connectivity index (χ0) is 14.6. The number of nitrogens with zero attached hydrogens (tertiary/aromatic N) is 1. The van der Waals surface area contributed by atoms with E-state index in [4.69, 9.17) is 5.11 Å². The molecule has 1 atom stereocenters. The lowest BCUT2D eigenvalue weighted by Gasteiger charge is -2.26. The normalized spacial score (nSPS) is 16.5. The minimum absolute atomic E-state index is 0.0114. The van der Waals surface area contributed by atoms with E-state index in [0.29, 0.717) is 12.0 Å². The van der Waals surface area contributed by atoms with Crippen LogP contribution in [0.4, 0.5) is 4.79 Å². The van der Waals surface area contributed by atoms with Crippen molar-refractivity contribution in [3.8, 4) is 0 Å². The van der Waals surface area contributed by atoms with E-state index in [1.807, 2.05) is 18.7 Å². The highest BCUT2D eigenvalue weighted by molar-refractivity contribution is 5.76. The predicted octanol–water partition coefficient (Wildman–Crippen LogP) is 2.17. The van der Waals surface area contributed by atoms with Crippen molar-refractivity contribution >= 4 is 12.0 Å². The molecule has 19 heavy (non-hydrogen) atoms. The van der Waals surface area contributed by atoms with E-state index in [-0.39, 0.29) is 18.5 Å². The molecule has 2 amide bonds. The minimum atomic E-state index is -0.850. The van der Waals surface area contributed by atoms with Gasteiger partial charge in [-0.2, -0.15) is 0 Å². The highest BCUT2D eigenvalue weighted by Crippen LogP contribution is 2.27. The average molecular weight is 270 g/mol. The Morgan fingerprint density at radius 3 is 2.21 bits per heavy atom. The molecule has 0 spiro atoms. The fraction of sp³-hybridized carbons (Fsp3) is 0.857. The van der Waals surface area contributed by atoms with E-state index in [9.17, 15) is 9.59 Å². The van der Waals surface area contributed by atoms with Gasteiger partial charge in [-0.1, -0.05) is 27.7 Å². The molecular formula is C14H26N2O3. The summed E-state index contributed by atoms with van der Waals surface area (Å²) in [7, 11) is 0. The van der Waals surface area contributed by atoms with Crippen molar-refractivity contribution in [3.63, 3.8) is 0 Å². The maximum absolute atomic E-state index is 12.1. The van der Waals surface area contributed by atoms with Gasteiger partial charge in [0.05, 0.1) is 5.92 Å². The van der Waals surface area contributed by atoms with Crippen molar-refractivity contribution in [1.29, 1.82) is 0 Å². The molecule has 1 aliphatic carbocycles. The van der Waals surface area contributed by atoms with Gasteiger partial charge in [0.25, 0.3) is 0 Å². The largest absolute Gasteiger partial charge is 0.481 e. The molecule has 1 unspecified atom stereocenters. The molecule has 5 heteroatoms. The number of nitrogens with one attached hydrogen (secondary N) is 1. The molecule has 0 aromatic heterocycles. The molecule has 110 valence electrons. The van der Waals surface area contributed by atoms with Crippen molar-refractivity contribution < 1.29 is 14.7 Å². The summed E-state index contributed by atoms with van der Waals surface area (Å²) >= 11 is 0. The third kappa shape index (κ3) is 5.09. The van der Waals surface area contributed by atoms with E-state index >= 15 is 0 Å². The lowest BCUT2D eigenvalue weighted by molar-refractivity contribution is -0.142. The van der Waals surface area contributed by atoms with Gasteiger partial charge in [0.2, 0.25) is 0 Å². The summed E-state index contributed by atoms with van der Waals surface area (Å²) in [5, 5.41) is 11.9. The van der Waals surface area contributed by atoms with Crippen molar-refractivity contribution in [2.24, 2.45) is 17.8 Å². The summed E-state index contributed by atoms with van der Waals surface area (Å²) in [6.45, 7) is 8.81. The number of hydrogen-bond donors (Lipinski definition) is 2. The summed E-state index contributed by atoms with van der Waals surface area (Å²) in [6.07, 6.45) is 2.12. The van der Waals surface area contributed by atoms with Crippen molar-refractivity contribution in [2.45, 2.75) is 46.6 Å². The third-order valence-electron chi connectivity index (χ3n) is 3.41. The molecule has 0 aromatic carbocycles. The molecule has 0 aliphatic heterocycles. The van der Waals surface area contributed by atoms with Crippen molar-refractivity contribution in [3.05, 3.63) is 0 Å². The number of hydrogen-bond acceptors (Lipinski definition) is 2. The molecular weight excluding hydrogens is 244 g/mol. The van der Waals surface area contributed by atoms with Crippen LogP contribution in [-0.2, 0) is 4.79 Å². The first-order valence-corrected chi connectivity index (χ1v) is 7.10. The molecule has 2 N–H and O–H groups in total. The van der Waals surface area contributed by atoms with Crippen LogP contribution in [0.25, 0.3) is 0 Å². The van der Waals surface area contributed by atoms with Crippen LogP contribution >= 0.6 is 0 Å². The van der Waals surface area contributed by atoms with E-state index in [1.165, 1.54) is 0 Å². The lowest BCUT2D eigenvalue weighted by atomic mass is 9.96. The van der Waals surface area contributed by atoms with Crippen LogP contribution in [0.1, 0.15) is 40.5 Å². The van der Waals surface area contributed by atoms with Gasteiger partial charge in [-0.25, -0.2) is 4.79 Å². The average Bonchev–Trinajstić information content (AvgIpc) is 3.08. The first-order valence-electron chi connectivity index (χ1n) is 7.10. The number of carboxylic acid groups (broad SMARTS) is 1. The Morgan fingerprint density at radius 2 is 1.84 bits per heavy atom. The van der Waals surface area contributed by atoms with E-state index in [1.54, 1.807) is 0 Å². The van der Waals surface area contributed by atoms with Gasteiger partial charge in [0.15, 0.2) is 0 Å². The zero-order valence-corrected chi connectivity index (χ0v) is 12.3. The van der Waals surface area contributed by atoms with Crippen LogP contribution in [0.15, 0.2) is 0 Å². The Balaban J connectivity index is 2.49. The van der Waals surface area contributed by atoms with Gasteiger partial charge in [0, 0.05) is 19.1 Å². The molecule has 0 saturated heterocycles. The van der Waals surface area contributed by atoms with Crippen LogP contribution in [0, 0.1) is 17.8 Å². The molecule has 1 rings (SSSR count). The maximum Gasteiger partial charge on any atom is 0.317 e. The van der Waals surface area contributed by atoms with Crippen LogP contribution in [0.3, 0.4) is 0 Å². The SMILES string of the molecule is CC(C)CN(C(=O)NCC(C(=O)O)C(C)C)C1CC1. The summed E-state index contributed by atoms with van der Waals surface area (Å²) in [5.74, 6) is -0.940. The molecule has 5 nitrogen and oxygen atoms in total. The third-order valence-corrected chi connectivity index (χ3v) is 3.41. The number of carbonyl (C=O) groups excluding carboxylic acids is 1. The van der Waals surface area contributed by atoms with Crippen LogP contribution in [0.2, 0.25) is 0 Å². The fourth-order valence-corrected chi connectivity index (χ4v) is 2.08. The predicted molar refractivity (Wildman–Crippen MR) is 73.9 cm³/mol. The second-order valence-corrected chi connectivity index (χ2v) is 6.15. The Hall–Kier alpha value is -1.26. The van der Waals surface area contributed by atoms with Gasteiger partial charge < -0.3 is 15.3 Å². The topological polar surface area (TPSA) is 69.6 Å². The molecule has 0 bridgehead atoms. The zero-order valence-electron chi connectivity index (χ0n) is 12.3. The molecule has 1 aliphatic rings. The standard InChI is InChI=1S/C14H26N2O3/c1-9(2)8-16(11-5-6-11)14(19)15-7-12(10(3)4)13(17)18/h9-12H,5-8H2,1-4H3,(H,15,19)(H,17,18). The smallest absolute Gasteiger partial charge is 0.317 e. The quantitative estimate of drug-likeness (QED) is 0.745. The molecule has 0 radical (unpaired) electrons. The Labute approximate surface area is 115 Å². The molecule has 1 saturated carbocycles. The number of amides is 2. The molecule has 0 heterocycles. The van der Waals surface area contributed by atoms with Gasteiger partial charge in [-0.3, -0.25) is 4.79 Å². The fourth-order valence-electron chi connectivity index (χ4n) is 2.08. The van der Waals surface area contributed by atoms with Gasteiger partial charge in [-0.05, 0) is 24.7 Å². The Bertz CT molecular complexity index is 325. The molecule has 1 fully saturated rings. The first-order chi connectivity index (χ1) is 8.82. The second-order valence-electron chi connectivity index (χ2n) is 6.15. The van der Waals surface area contributed by atoms with Crippen LogP contribution in [0.5, 0.6) is 0 Å².